The van der Waals surface area contributed by atoms with E-state index in [-0.39, 0.29) is 16.9 Å². The van der Waals surface area contributed by atoms with E-state index in [9.17, 15) is 19.1 Å². The van der Waals surface area contributed by atoms with Crippen molar-refractivity contribution in [2.24, 2.45) is 0 Å². The number of halogens is 1. The van der Waals surface area contributed by atoms with Gasteiger partial charge in [-0.3, -0.25) is 14.6 Å². The fourth-order valence-corrected chi connectivity index (χ4v) is 3.01. The zero-order chi connectivity index (χ0) is 19.4. The highest BCUT2D eigenvalue weighted by atomic mass is 32.2. The summed E-state index contributed by atoms with van der Waals surface area (Å²) in [6.45, 7) is 0.390. The van der Waals surface area contributed by atoms with Crippen LogP contribution >= 0.6 is 11.8 Å². The summed E-state index contributed by atoms with van der Waals surface area (Å²) in [4.78, 5) is 31.3. The van der Waals surface area contributed by atoms with Crippen molar-refractivity contribution < 1.29 is 14.3 Å². The fourth-order valence-electron chi connectivity index (χ4n) is 2.70. The molecule has 1 aromatic carbocycles. The van der Waals surface area contributed by atoms with Crippen LogP contribution in [-0.2, 0) is 6.42 Å². The van der Waals surface area contributed by atoms with Gasteiger partial charge in [-0.2, -0.15) is 11.8 Å². The molecule has 140 valence electrons. The van der Waals surface area contributed by atoms with Crippen molar-refractivity contribution in [3.05, 3.63) is 69.4 Å². The Labute approximate surface area is 158 Å². The molecule has 3 rings (SSSR count). The summed E-state index contributed by atoms with van der Waals surface area (Å²) in [6.07, 6.45) is 3.95. The minimum absolute atomic E-state index is 0.146. The molecule has 0 aliphatic heterocycles. The van der Waals surface area contributed by atoms with Gasteiger partial charge in [0.25, 0.3) is 11.5 Å². The van der Waals surface area contributed by atoms with Crippen molar-refractivity contribution in [2.45, 2.75) is 6.42 Å². The summed E-state index contributed by atoms with van der Waals surface area (Å²) >= 11 is 1.56. The molecule has 0 fully saturated rings. The number of amides is 1. The third kappa shape index (κ3) is 4.28. The van der Waals surface area contributed by atoms with Crippen molar-refractivity contribution in [3.63, 3.8) is 0 Å². The van der Waals surface area contributed by atoms with Crippen molar-refractivity contribution in [1.82, 2.24) is 15.3 Å². The minimum Gasteiger partial charge on any atom is -0.505 e. The van der Waals surface area contributed by atoms with Gasteiger partial charge in [0.2, 0.25) is 0 Å². The van der Waals surface area contributed by atoms with Gasteiger partial charge in [0.15, 0.2) is 5.75 Å². The summed E-state index contributed by atoms with van der Waals surface area (Å²) < 4.78 is 13.0. The Bertz CT molecular complexity index is 1030. The highest BCUT2D eigenvalue weighted by Gasteiger charge is 2.19. The van der Waals surface area contributed by atoms with Gasteiger partial charge in [0, 0.05) is 18.5 Å². The molecule has 2 aromatic heterocycles. The molecule has 0 radical (unpaired) electrons. The number of nitrogens with zero attached hydrogens (tertiary/aromatic N) is 1. The average Bonchev–Trinajstić information content (AvgIpc) is 2.63. The number of hydrogen-bond acceptors (Lipinski definition) is 5. The van der Waals surface area contributed by atoms with Crippen LogP contribution in [0, 0.1) is 5.82 Å². The zero-order valence-corrected chi connectivity index (χ0v) is 15.4. The number of rotatable bonds is 6. The Kier molecular flexibility index (Phi) is 5.75. The smallest absolute Gasteiger partial charge is 0.265 e. The lowest BCUT2D eigenvalue weighted by atomic mass is 10.1. The lowest BCUT2D eigenvalue weighted by molar-refractivity contribution is 0.0952. The molecule has 3 N–H and O–H groups in total. The Morgan fingerprint density at radius 2 is 2.04 bits per heavy atom. The summed E-state index contributed by atoms with van der Waals surface area (Å²) in [6, 6.07) is 7.77. The molecule has 3 aromatic rings. The number of fused-ring (bicyclic) bond motifs is 1. The Balaban J connectivity index is 1.92. The van der Waals surface area contributed by atoms with Crippen LogP contribution in [0.25, 0.3) is 11.0 Å². The van der Waals surface area contributed by atoms with Crippen molar-refractivity contribution in [3.8, 4) is 5.75 Å². The van der Waals surface area contributed by atoms with Gasteiger partial charge in [0.1, 0.15) is 16.9 Å². The molecule has 0 atom stereocenters. The van der Waals surface area contributed by atoms with Gasteiger partial charge in [-0.15, -0.1) is 0 Å². The van der Waals surface area contributed by atoms with Crippen LogP contribution < -0.4 is 10.9 Å². The van der Waals surface area contributed by atoms with E-state index in [1.165, 1.54) is 12.1 Å². The highest BCUT2D eigenvalue weighted by Crippen LogP contribution is 2.24. The van der Waals surface area contributed by atoms with Gasteiger partial charge >= 0.3 is 0 Å². The monoisotopic (exact) mass is 387 g/mol. The van der Waals surface area contributed by atoms with Gasteiger partial charge in [-0.1, -0.05) is 12.1 Å². The molecule has 6 nitrogen and oxygen atoms in total. The fraction of sp³-hybridized carbons (Fsp3) is 0.211. The van der Waals surface area contributed by atoms with Gasteiger partial charge in [0.05, 0.1) is 5.52 Å². The number of hydrogen-bond donors (Lipinski definition) is 3. The maximum Gasteiger partial charge on any atom is 0.265 e. The summed E-state index contributed by atoms with van der Waals surface area (Å²) in [5.74, 6) is -0.693. The van der Waals surface area contributed by atoms with Crippen LogP contribution in [-0.4, -0.2) is 39.5 Å². The van der Waals surface area contributed by atoms with E-state index >= 15 is 0 Å². The number of thioether (sulfide) groups is 1. The normalized spacial score (nSPS) is 10.9. The molecular weight excluding hydrogens is 369 g/mol. The molecule has 0 aliphatic rings. The quantitative estimate of drug-likeness (QED) is 0.565. The first-order chi connectivity index (χ1) is 13.0. The first-order valence-corrected chi connectivity index (χ1v) is 9.64. The Morgan fingerprint density at radius 1 is 1.30 bits per heavy atom. The van der Waals surface area contributed by atoms with Crippen molar-refractivity contribution >= 4 is 28.7 Å². The Hall–Kier alpha value is -2.87. The van der Waals surface area contributed by atoms with Crippen LogP contribution in [0.2, 0.25) is 0 Å². The van der Waals surface area contributed by atoms with Crippen LogP contribution in [0.5, 0.6) is 5.75 Å². The first kappa shape index (κ1) is 18.9. The Morgan fingerprint density at radius 3 is 2.74 bits per heavy atom. The average molecular weight is 387 g/mol. The van der Waals surface area contributed by atoms with Gasteiger partial charge < -0.3 is 15.4 Å². The zero-order valence-electron chi connectivity index (χ0n) is 14.6. The molecule has 0 bridgehead atoms. The standard InChI is InChI=1S/C19H18FN3O3S/c1-27-7-6-21-18(25)15-17(24)16-14(23-19(15)26)9-12(10-22-16)8-11-2-4-13(20)5-3-11/h2-5,9-10H,6-8H2,1H3,(H,21,25)(H2,23,24,26). The van der Waals surface area contributed by atoms with E-state index in [4.69, 9.17) is 0 Å². The van der Waals surface area contributed by atoms with E-state index in [2.05, 4.69) is 15.3 Å². The third-order valence-electron chi connectivity index (χ3n) is 4.02. The maximum absolute atomic E-state index is 13.0. The number of aromatic amines is 1. The second kappa shape index (κ2) is 8.22. The largest absolute Gasteiger partial charge is 0.505 e. The van der Waals surface area contributed by atoms with Gasteiger partial charge in [-0.05, 0) is 42.0 Å². The number of nitrogens with one attached hydrogen (secondary N) is 2. The van der Waals surface area contributed by atoms with Crippen LogP contribution in [0.15, 0.2) is 41.3 Å². The van der Waals surface area contributed by atoms with E-state index in [1.807, 2.05) is 6.26 Å². The highest BCUT2D eigenvalue weighted by molar-refractivity contribution is 7.98. The van der Waals surface area contributed by atoms with Crippen LogP contribution in [0.4, 0.5) is 4.39 Å². The molecule has 0 aliphatic carbocycles. The maximum atomic E-state index is 13.0. The first-order valence-electron chi connectivity index (χ1n) is 8.25. The van der Waals surface area contributed by atoms with E-state index < -0.39 is 17.2 Å². The number of carbonyl (C=O) groups excluding carboxylic acids is 1. The molecule has 8 heteroatoms. The lowest BCUT2D eigenvalue weighted by Gasteiger charge is -2.09. The van der Waals surface area contributed by atoms with E-state index in [0.29, 0.717) is 24.2 Å². The second-order valence-electron chi connectivity index (χ2n) is 5.97. The SMILES string of the molecule is CSCCNC(=O)c1c(O)c2ncc(Cc3ccc(F)cc3)cc2[nH]c1=O. The van der Waals surface area contributed by atoms with Crippen LogP contribution in [0.3, 0.4) is 0 Å². The summed E-state index contributed by atoms with van der Waals surface area (Å²) in [7, 11) is 0. The number of carbonyl (C=O) groups is 1. The summed E-state index contributed by atoms with van der Waals surface area (Å²) in [5, 5.41) is 13.0. The number of H-pyrrole nitrogens is 1. The predicted molar refractivity (Wildman–Crippen MR) is 104 cm³/mol. The van der Waals surface area contributed by atoms with Crippen molar-refractivity contribution in [2.75, 3.05) is 18.6 Å². The molecule has 0 spiro atoms. The van der Waals surface area contributed by atoms with Crippen molar-refractivity contribution in [1.29, 1.82) is 0 Å². The molecule has 2 heterocycles. The lowest BCUT2D eigenvalue weighted by Crippen LogP contribution is -2.31. The molecule has 0 saturated heterocycles. The van der Waals surface area contributed by atoms with E-state index in [1.54, 1.807) is 36.2 Å². The van der Waals surface area contributed by atoms with E-state index in [0.717, 1.165) is 11.1 Å². The molecule has 27 heavy (non-hydrogen) atoms. The molecule has 0 saturated carbocycles. The van der Waals surface area contributed by atoms with Crippen LogP contribution in [0.1, 0.15) is 21.5 Å². The second-order valence-corrected chi connectivity index (χ2v) is 6.96. The topological polar surface area (TPSA) is 95.1 Å². The molecular formula is C19H18FN3O3S. The number of aromatic hydroxyl groups is 1. The minimum atomic E-state index is -0.678. The number of pyridine rings is 2. The number of aromatic nitrogens is 2. The summed E-state index contributed by atoms with van der Waals surface area (Å²) in [5.41, 5.74) is 1.12. The molecule has 0 unspecified atom stereocenters. The number of benzene rings is 1. The van der Waals surface area contributed by atoms with Gasteiger partial charge in [-0.25, -0.2) is 4.39 Å². The third-order valence-corrected chi connectivity index (χ3v) is 4.63. The molecule has 1 amide bonds. The predicted octanol–water partition coefficient (Wildman–Crippen LogP) is 2.45.